The summed E-state index contributed by atoms with van der Waals surface area (Å²) in [6.45, 7) is 7.16. The zero-order valence-corrected chi connectivity index (χ0v) is 19.4. The van der Waals surface area contributed by atoms with Crippen LogP contribution in [0.5, 0.6) is 11.5 Å². The number of hydrogen-bond acceptors (Lipinski definition) is 6. The highest BCUT2D eigenvalue weighted by Crippen LogP contribution is 2.34. The number of nitro groups is 2. The smallest absolute Gasteiger partial charge is 0.312 e. The summed E-state index contributed by atoms with van der Waals surface area (Å²) < 4.78 is 6.57. The highest BCUT2D eigenvalue weighted by Gasteiger charge is 2.18. The molecule has 0 aliphatic heterocycles. The lowest BCUT2D eigenvalue weighted by Gasteiger charge is -2.10. The van der Waals surface area contributed by atoms with E-state index in [9.17, 15) is 25.3 Å². The molecule has 0 aliphatic carbocycles. The van der Waals surface area contributed by atoms with E-state index in [2.05, 4.69) is 38.4 Å². The maximum Gasteiger partial charge on any atom is 0.312 e. The predicted molar refractivity (Wildman–Crippen MR) is 122 cm³/mol. The Hall–Kier alpha value is -2.72. The Morgan fingerprint density at radius 3 is 2.27 bits per heavy atom. The topological polar surface area (TPSA) is 116 Å². The molecule has 2 rings (SSSR count). The fraction of sp³-hybridized carbons (Fsp3) is 0.200. The molecule has 30 heavy (non-hydrogen) atoms. The van der Waals surface area contributed by atoms with Gasteiger partial charge in [-0.15, -0.1) is 0 Å². The van der Waals surface area contributed by atoms with Crippen molar-refractivity contribution in [1.82, 2.24) is 0 Å². The quantitative estimate of drug-likeness (QED) is 0.242. The molecular formula is C20H20Br2N2O6. The van der Waals surface area contributed by atoms with E-state index in [0.29, 0.717) is 20.9 Å². The van der Waals surface area contributed by atoms with Crippen LogP contribution >= 0.6 is 31.9 Å². The van der Waals surface area contributed by atoms with Gasteiger partial charge in [0.2, 0.25) is 0 Å². The van der Waals surface area contributed by atoms with E-state index >= 15 is 0 Å². The lowest BCUT2D eigenvalue weighted by Crippen LogP contribution is -2.08. The van der Waals surface area contributed by atoms with Gasteiger partial charge in [-0.1, -0.05) is 56.7 Å². The van der Waals surface area contributed by atoms with Gasteiger partial charge in [-0.2, -0.15) is 0 Å². The molecule has 0 amide bonds. The molecule has 2 aromatic carbocycles. The van der Waals surface area contributed by atoms with E-state index in [1.807, 2.05) is 19.1 Å². The molecule has 1 N–H and O–H groups in total. The highest BCUT2D eigenvalue weighted by molar-refractivity contribution is 9.10. The number of phenolic OH excluding ortho intramolecular Hbond substituents is 1. The van der Waals surface area contributed by atoms with Gasteiger partial charge < -0.3 is 9.84 Å². The first kappa shape index (κ1) is 25.3. The Labute approximate surface area is 190 Å². The molecule has 0 saturated carbocycles. The second-order valence-electron chi connectivity index (χ2n) is 5.89. The number of rotatable bonds is 7. The van der Waals surface area contributed by atoms with E-state index in [1.165, 1.54) is 12.1 Å². The molecule has 0 saturated heterocycles. The number of nitrogens with zero attached hydrogens (tertiary/aromatic N) is 2. The van der Waals surface area contributed by atoms with Crippen LogP contribution in [0.4, 0.5) is 11.4 Å². The third-order valence-electron chi connectivity index (χ3n) is 3.67. The van der Waals surface area contributed by atoms with Crippen LogP contribution < -0.4 is 4.74 Å². The first-order valence-corrected chi connectivity index (χ1v) is 10.2. The molecule has 0 heterocycles. The van der Waals surface area contributed by atoms with Crippen molar-refractivity contribution < 1.29 is 19.7 Å². The Balaban J connectivity index is 0.000000300. The summed E-state index contributed by atoms with van der Waals surface area (Å²) in [5, 5.41) is 30.9. The molecule has 10 heteroatoms. The van der Waals surface area contributed by atoms with E-state index < -0.39 is 9.85 Å². The number of hydrogen-bond donors (Lipinski definition) is 1. The van der Waals surface area contributed by atoms with Crippen molar-refractivity contribution in [2.45, 2.75) is 26.4 Å². The molecule has 160 valence electrons. The maximum atomic E-state index is 10.7. The van der Waals surface area contributed by atoms with Crippen molar-refractivity contribution in [1.29, 1.82) is 0 Å². The summed E-state index contributed by atoms with van der Waals surface area (Å²) in [6.07, 6.45) is 5.44. The number of benzene rings is 2. The van der Waals surface area contributed by atoms with Crippen molar-refractivity contribution in [2.75, 3.05) is 0 Å². The average molecular weight is 544 g/mol. The van der Waals surface area contributed by atoms with Gasteiger partial charge in [0, 0.05) is 26.6 Å². The molecule has 1 unspecified atom stereocenters. The van der Waals surface area contributed by atoms with Crippen molar-refractivity contribution in [3.05, 3.63) is 89.9 Å². The second-order valence-corrected chi connectivity index (χ2v) is 7.72. The van der Waals surface area contributed by atoms with Crippen LogP contribution in [0.15, 0.2) is 64.1 Å². The first-order valence-electron chi connectivity index (χ1n) is 8.60. The summed E-state index contributed by atoms with van der Waals surface area (Å²) in [7, 11) is 0. The van der Waals surface area contributed by atoms with E-state index in [-0.39, 0.29) is 29.0 Å². The lowest BCUT2D eigenvalue weighted by atomic mass is 10.1. The van der Waals surface area contributed by atoms with Gasteiger partial charge in [0.05, 0.1) is 9.85 Å². The van der Waals surface area contributed by atoms with Crippen LogP contribution in [0.25, 0.3) is 0 Å². The van der Waals surface area contributed by atoms with Crippen LogP contribution in [0.2, 0.25) is 0 Å². The van der Waals surface area contributed by atoms with Crippen LogP contribution in [-0.2, 0) is 6.42 Å². The Bertz CT molecular complexity index is 963. The minimum absolute atomic E-state index is 0.0573. The molecule has 1 atom stereocenters. The van der Waals surface area contributed by atoms with Gasteiger partial charge >= 0.3 is 11.4 Å². The number of allylic oxidation sites excluding steroid dienone is 2. The third kappa shape index (κ3) is 7.60. The van der Waals surface area contributed by atoms with E-state index in [4.69, 9.17) is 4.74 Å². The minimum atomic E-state index is -0.598. The Kier molecular flexibility index (Phi) is 10.2. The molecule has 0 spiro atoms. The van der Waals surface area contributed by atoms with Crippen LogP contribution in [0, 0.1) is 20.2 Å². The first-order chi connectivity index (χ1) is 14.1. The zero-order valence-electron chi connectivity index (χ0n) is 16.2. The predicted octanol–water partition coefficient (Wildman–Crippen LogP) is 6.49. The van der Waals surface area contributed by atoms with Crippen molar-refractivity contribution in [2.24, 2.45) is 0 Å². The number of ether oxygens (including phenoxy) is 1. The number of aromatic hydroxyl groups is 1. The largest absolute Gasteiger partial charge is 0.502 e. The fourth-order valence-corrected chi connectivity index (χ4v) is 3.00. The van der Waals surface area contributed by atoms with Crippen molar-refractivity contribution >= 4 is 43.2 Å². The SMILES string of the molecule is C/C=C/Cc1cc(Br)cc([N+](=O)[O-])c1O.C=CC(C)Oc1ccc(Br)cc1[N+](=O)[O-]. The van der Waals surface area contributed by atoms with Gasteiger partial charge in [0.15, 0.2) is 11.5 Å². The van der Waals surface area contributed by atoms with Gasteiger partial charge in [-0.25, -0.2) is 0 Å². The number of halogens is 2. The summed E-state index contributed by atoms with van der Waals surface area (Å²) >= 11 is 6.34. The Morgan fingerprint density at radius 2 is 1.73 bits per heavy atom. The molecular weight excluding hydrogens is 524 g/mol. The van der Waals surface area contributed by atoms with Gasteiger partial charge in [0.1, 0.15) is 6.10 Å². The summed E-state index contributed by atoms with van der Waals surface area (Å²) in [4.78, 5) is 20.3. The van der Waals surface area contributed by atoms with Crippen LogP contribution in [-0.4, -0.2) is 21.1 Å². The Morgan fingerprint density at radius 1 is 1.13 bits per heavy atom. The molecule has 2 aromatic rings. The van der Waals surface area contributed by atoms with Gasteiger partial charge in [-0.05, 0) is 38.5 Å². The summed E-state index contributed by atoms with van der Waals surface area (Å²) in [5.74, 6) is -0.0168. The highest BCUT2D eigenvalue weighted by atomic mass is 79.9. The molecule has 0 fully saturated rings. The van der Waals surface area contributed by atoms with E-state index in [0.717, 1.165) is 0 Å². The molecule has 0 bridgehead atoms. The molecule has 8 nitrogen and oxygen atoms in total. The zero-order chi connectivity index (χ0) is 22.8. The third-order valence-corrected chi connectivity index (χ3v) is 4.62. The summed E-state index contributed by atoms with van der Waals surface area (Å²) in [5.41, 5.74) is 0.205. The van der Waals surface area contributed by atoms with Crippen LogP contribution in [0.1, 0.15) is 19.4 Å². The normalized spacial score (nSPS) is 11.3. The second kappa shape index (κ2) is 12.1. The average Bonchev–Trinajstić information content (AvgIpc) is 2.69. The lowest BCUT2D eigenvalue weighted by molar-refractivity contribution is -0.386. The maximum absolute atomic E-state index is 10.7. The molecule has 0 radical (unpaired) electrons. The number of nitro benzene ring substituents is 2. The van der Waals surface area contributed by atoms with E-state index in [1.54, 1.807) is 31.2 Å². The monoisotopic (exact) mass is 542 g/mol. The fourth-order valence-electron chi connectivity index (χ4n) is 2.16. The molecule has 0 aliphatic rings. The van der Waals surface area contributed by atoms with Crippen molar-refractivity contribution in [3.63, 3.8) is 0 Å². The standard InChI is InChI=1S/2C10H10BrNO3/c1-3-7(2)15-10-5-4-8(11)6-9(10)12(13)14;1-2-3-4-7-5-8(11)6-9(10(7)13)12(14)15/h3-7H,1H2,2H3;2-3,5-6,13H,4H2,1H3/b;3-2+. The summed E-state index contributed by atoms with van der Waals surface area (Å²) in [6, 6.07) is 7.61. The minimum Gasteiger partial charge on any atom is -0.502 e. The van der Waals surface area contributed by atoms with Gasteiger partial charge in [0.25, 0.3) is 0 Å². The molecule has 0 aromatic heterocycles. The van der Waals surface area contributed by atoms with Crippen molar-refractivity contribution in [3.8, 4) is 11.5 Å². The van der Waals surface area contributed by atoms with Crippen LogP contribution in [0.3, 0.4) is 0 Å². The van der Waals surface area contributed by atoms with Gasteiger partial charge in [-0.3, -0.25) is 20.2 Å². The number of phenols is 1.